The van der Waals surface area contributed by atoms with Crippen LogP contribution in [-0.2, 0) is 5.92 Å². The van der Waals surface area contributed by atoms with Gasteiger partial charge in [-0.05, 0) is 25.1 Å². The van der Waals surface area contributed by atoms with E-state index >= 15 is 0 Å². The van der Waals surface area contributed by atoms with Gasteiger partial charge in [0, 0.05) is 5.02 Å². The van der Waals surface area contributed by atoms with E-state index in [-0.39, 0.29) is 16.3 Å². The van der Waals surface area contributed by atoms with Crippen molar-refractivity contribution in [1.82, 2.24) is 0 Å². The molecule has 0 aliphatic rings. The summed E-state index contributed by atoms with van der Waals surface area (Å²) in [6, 6.07) is 2.75. The van der Waals surface area contributed by atoms with Crippen LogP contribution in [0.2, 0.25) is 5.02 Å². The highest BCUT2D eigenvalue weighted by Gasteiger charge is 2.39. The Kier molecular flexibility index (Phi) is 3.52. The number of hydrogen-bond donors (Lipinski definition) is 1. The van der Waals surface area contributed by atoms with E-state index in [1.807, 2.05) is 0 Å². The Morgan fingerprint density at radius 1 is 1.47 bits per heavy atom. The van der Waals surface area contributed by atoms with Crippen LogP contribution < -0.4 is 10.5 Å². The maximum absolute atomic E-state index is 13.6. The quantitative estimate of drug-likeness (QED) is 0.875. The van der Waals surface area contributed by atoms with Crippen LogP contribution in [0.25, 0.3) is 0 Å². The van der Waals surface area contributed by atoms with Gasteiger partial charge in [-0.25, -0.2) is 0 Å². The molecular weight excluding hydrogens is 224 g/mol. The van der Waals surface area contributed by atoms with Gasteiger partial charge in [0.25, 0.3) is 5.92 Å². The molecule has 0 saturated carbocycles. The molecule has 1 atom stereocenters. The van der Waals surface area contributed by atoms with Crippen molar-refractivity contribution < 1.29 is 13.5 Å². The van der Waals surface area contributed by atoms with Crippen LogP contribution >= 0.6 is 11.6 Å². The van der Waals surface area contributed by atoms with Crippen LogP contribution in [0.15, 0.2) is 18.2 Å². The summed E-state index contributed by atoms with van der Waals surface area (Å²) in [7, 11) is 1.32. The Bertz CT molecular complexity index is 355. The fourth-order valence-corrected chi connectivity index (χ4v) is 1.36. The molecule has 0 aromatic heterocycles. The standard InChI is InChI=1S/C10H12ClF2NO/c1-6(14)10(12,13)8-5-7(11)3-4-9(8)15-2/h3-6H,14H2,1-2H3. The molecule has 1 aromatic carbocycles. The lowest BCUT2D eigenvalue weighted by Crippen LogP contribution is -2.36. The van der Waals surface area contributed by atoms with Crippen molar-refractivity contribution in [2.45, 2.75) is 18.9 Å². The molecule has 1 rings (SSSR count). The highest BCUT2D eigenvalue weighted by Crippen LogP contribution is 2.38. The lowest BCUT2D eigenvalue weighted by molar-refractivity contribution is -0.0275. The predicted octanol–water partition coefficient (Wildman–Crippen LogP) is 2.79. The Morgan fingerprint density at radius 3 is 2.53 bits per heavy atom. The van der Waals surface area contributed by atoms with E-state index in [1.165, 1.54) is 32.2 Å². The van der Waals surface area contributed by atoms with Crippen molar-refractivity contribution in [3.8, 4) is 5.75 Å². The minimum absolute atomic E-state index is 0.0849. The van der Waals surface area contributed by atoms with Gasteiger partial charge < -0.3 is 10.5 Å². The summed E-state index contributed by atoms with van der Waals surface area (Å²) in [4.78, 5) is 0. The van der Waals surface area contributed by atoms with Gasteiger partial charge in [0.1, 0.15) is 5.75 Å². The first-order valence-electron chi connectivity index (χ1n) is 4.37. The van der Waals surface area contributed by atoms with Crippen LogP contribution in [-0.4, -0.2) is 13.2 Å². The van der Waals surface area contributed by atoms with E-state index in [4.69, 9.17) is 22.1 Å². The molecule has 5 heteroatoms. The molecule has 0 radical (unpaired) electrons. The molecule has 2 N–H and O–H groups in total. The molecule has 0 spiro atoms. The van der Waals surface area contributed by atoms with Crippen LogP contribution in [0.3, 0.4) is 0 Å². The summed E-state index contributed by atoms with van der Waals surface area (Å²) in [6.07, 6.45) is 0. The SMILES string of the molecule is COc1ccc(Cl)cc1C(F)(F)C(C)N. The number of nitrogens with two attached hydrogens (primary N) is 1. The zero-order chi connectivity index (χ0) is 11.6. The van der Waals surface area contributed by atoms with E-state index in [2.05, 4.69) is 0 Å². The Morgan fingerprint density at radius 2 is 2.07 bits per heavy atom. The molecule has 0 fully saturated rings. The molecule has 0 bridgehead atoms. The van der Waals surface area contributed by atoms with Gasteiger partial charge >= 0.3 is 0 Å². The van der Waals surface area contributed by atoms with Crippen LogP contribution in [0.4, 0.5) is 8.78 Å². The number of rotatable bonds is 3. The average molecular weight is 236 g/mol. The van der Waals surface area contributed by atoms with Gasteiger partial charge in [-0.2, -0.15) is 8.78 Å². The van der Waals surface area contributed by atoms with E-state index in [0.29, 0.717) is 0 Å². The maximum atomic E-state index is 13.6. The molecule has 2 nitrogen and oxygen atoms in total. The minimum atomic E-state index is -3.16. The largest absolute Gasteiger partial charge is 0.496 e. The van der Waals surface area contributed by atoms with Crippen molar-refractivity contribution in [2.75, 3.05) is 7.11 Å². The van der Waals surface area contributed by atoms with Crippen molar-refractivity contribution in [3.05, 3.63) is 28.8 Å². The second kappa shape index (κ2) is 4.33. The molecule has 15 heavy (non-hydrogen) atoms. The van der Waals surface area contributed by atoms with Gasteiger partial charge in [-0.15, -0.1) is 0 Å². The molecule has 1 aromatic rings. The summed E-state index contributed by atoms with van der Waals surface area (Å²) in [5.41, 5.74) is 4.94. The third kappa shape index (κ3) is 2.38. The third-order valence-electron chi connectivity index (χ3n) is 2.09. The van der Waals surface area contributed by atoms with Gasteiger partial charge in [-0.3, -0.25) is 0 Å². The highest BCUT2D eigenvalue weighted by molar-refractivity contribution is 6.30. The summed E-state index contributed by atoms with van der Waals surface area (Å²) < 4.78 is 32.1. The molecule has 0 amide bonds. The highest BCUT2D eigenvalue weighted by atomic mass is 35.5. The predicted molar refractivity (Wildman–Crippen MR) is 55.5 cm³/mol. The second-order valence-corrected chi connectivity index (χ2v) is 3.69. The molecule has 84 valence electrons. The Hall–Kier alpha value is -0.870. The van der Waals surface area contributed by atoms with Crippen LogP contribution in [0.1, 0.15) is 12.5 Å². The lowest BCUT2D eigenvalue weighted by Gasteiger charge is -2.22. The zero-order valence-corrected chi connectivity index (χ0v) is 9.18. The summed E-state index contributed by atoms with van der Waals surface area (Å²) in [5, 5.41) is 0.228. The van der Waals surface area contributed by atoms with Crippen LogP contribution in [0, 0.1) is 0 Å². The lowest BCUT2D eigenvalue weighted by atomic mass is 10.0. The number of hydrogen-bond acceptors (Lipinski definition) is 2. The number of alkyl halides is 2. The van der Waals surface area contributed by atoms with Gasteiger partial charge in [-0.1, -0.05) is 11.6 Å². The number of methoxy groups -OCH3 is 1. The van der Waals surface area contributed by atoms with Crippen molar-refractivity contribution in [1.29, 1.82) is 0 Å². The monoisotopic (exact) mass is 235 g/mol. The third-order valence-corrected chi connectivity index (χ3v) is 2.33. The molecule has 1 unspecified atom stereocenters. The summed E-state index contributed by atoms with van der Waals surface area (Å²) in [5.74, 6) is -3.07. The van der Waals surface area contributed by atoms with E-state index in [1.54, 1.807) is 0 Å². The molecular formula is C10H12ClF2NO. The average Bonchev–Trinajstić information content (AvgIpc) is 2.17. The topological polar surface area (TPSA) is 35.2 Å². The summed E-state index contributed by atoms with van der Waals surface area (Å²) in [6.45, 7) is 1.24. The van der Waals surface area contributed by atoms with Gasteiger partial charge in [0.15, 0.2) is 0 Å². The first-order chi connectivity index (χ1) is 6.89. The molecule has 0 aliphatic carbocycles. The molecule has 0 heterocycles. The molecule has 0 aliphatic heterocycles. The summed E-state index contributed by atoms with van der Waals surface area (Å²) >= 11 is 5.65. The van der Waals surface area contributed by atoms with Gasteiger partial charge in [0.05, 0.1) is 18.7 Å². The van der Waals surface area contributed by atoms with E-state index in [0.717, 1.165) is 0 Å². The smallest absolute Gasteiger partial charge is 0.291 e. The fourth-order valence-electron chi connectivity index (χ4n) is 1.19. The zero-order valence-electron chi connectivity index (χ0n) is 8.43. The normalized spacial score (nSPS) is 13.7. The van der Waals surface area contributed by atoms with Crippen molar-refractivity contribution in [2.24, 2.45) is 5.73 Å². The van der Waals surface area contributed by atoms with E-state index < -0.39 is 12.0 Å². The second-order valence-electron chi connectivity index (χ2n) is 3.26. The van der Waals surface area contributed by atoms with E-state index in [9.17, 15) is 8.78 Å². The Labute approximate surface area is 92.0 Å². The molecule has 0 saturated heterocycles. The van der Waals surface area contributed by atoms with Crippen LogP contribution in [0.5, 0.6) is 5.75 Å². The number of benzene rings is 1. The van der Waals surface area contributed by atoms with Crippen molar-refractivity contribution >= 4 is 11.6 Å². The van der Waals surface area contributed by atoms with Crippen molar-refractivity contribution in [3.63, 3.8) is 0 Å². The fraction of sp³-hybridized carbons (Fsp3) is 0.400. The number of halogens is 3. The first kappa shape index (κ1) is 12.2. The Balaban J connectivity index is 3.28. The van der Waals surface area contributed by atoms with Gasteiger partial charge in [0.2, 0.25) is 0 Å². The maximum Gasteiger partial charge on any atom is 0.291 e. The minimum Gasteiger partial charge on any atom is -0.496 e. The first-order valence-corrected chi connectivity index (χ1v) is 4.74. The number of ether oxygens (including phenoxy) is 1.